The maximum atomic E-state index is 11.6. The quantitative estimate of drug-likeness (QED) is 0.267. The molecule has 0 aromatic rings. The topological polar surface area (TPSA) is 156 Å². The molecule has 110 valence electrons. The first-order valence-electron chi connectivity index (χ1n) is 5.40. The van der Waals surface area contributed by atoms with Gasteiger partial charge in [0, 0.05) is 0 Å². The summed E-state index contributed by atoms with van der Waals surface area (Å²) in [4.78, 5) is 32.8. The fraction of sp³-hybridized carbons (Fsp3) is 0.700. The van der Waals surface area contributed by atoms with Gasteiger partial charge < -0.3 is 30.5 Å². The van der Waals surface area contributed by atoms with Crippen molar-refractivity contribution in [3.63, 3.8) is 0 Å². The maximum Gasteiger partial charge on any atom is 0.327 e. The van der Waals surface area contributed by atoms with Gasteiger partial charge in [-0.05, 0) is 0 Å². The lowest BCUT2D eigenvalue weighted by atomic mass is 9.92. The maximum absolute atomic E-state index is 11.6. The van der Waals surface area contributed by atoms with Crippen LogP contribution in [0.15, 0.2) is 0 Å². The van der Waals surface area contributed by atoms with Crippen molar-refractivity contribution in [1.82, 2.24) is 0 Å². The second-order valence-electron chi connectivity index (χ2n) is 3.77. The van der Waals surface area contributed by atoms with Crippen LogP contribution in [0.2, 0.25) is 0 Å². The van der Waals surface area contributed by atoms with Gasteiger partial charge >= 0.3 is 17.9 Å². The highest BCUT2D eigenvalue weighted by molar-refractivity contribution is 5.90. The van der Waals surface area contributed by atoms with E-state index in [1.807, 2.05) is 0 Å². The Hall–Kier alpha value is -1.71. The third-order valence-corrected chi connectivity index (χ3v) is 2.04. The smallest absolute Gasteiger partial charge is 0.327 e. The second kappa shape index (κ2) is 8.40. The van der Waals surface area contributed by atoms with Crippen molar-refractivity contribution < 1.29 is 39.2 Å². The average Bonchev–Trinajstić information content (AvgIpc) is 2.26. The Morgan fingerprint density at radius 1 is 1.00 bits per heavy atom. The number of nitrogens with two attached hydrogens (primary N) is 1. The van der Waals surface area contributed by atoms with Crippen molar-refractivity contribution in [1.29, 1.82) is 0 Å². The number of carboxylic acids is 2. The molecule has 0 atom stereocenters. The molecule has 0 fully saturated rings. The summed E-state index contributed by atoms with van der Waals surface area (Å²) in [7, 11) is 0. The first kappa shape index (κ1) is 17.3. The first-order chi connectivity index (χ1) is 8.81. The fourth-order valence-corrected chi connectivity index (χ4v) is 1.25. The molecule has 9 nitrogen and oxygen atoms in total. The molecule has 0 bridgehead atoms. The van der Waals surface area contributed by atoms with Gasteiger partial charge in [0.2, 0.25) is 0 Å². The second-order valence-corrected chi connectivity index (χ2v) is 3.77. The minimum atomic E-state index is -2.12. The zero-order valence-corrected chi connectivity index (χ0v) is 10.2. The van der Waals surface area contributed by atoms with Crippen LogP contribution in [0.1, 0.15) is 12.8 Å². The van der Waals surface area contributed by atoms with Gasteiger partial charge in [-0.2, -0.15) is 0 Å². The standard InChI is InChI=1S/C10H17NO8/c11-10(5-7(13)14,6-8(15)16)9(17)19-4-3-18-2-1-12/h12H,1-6,11H2,(H,13,14)(H,15,16). The molecule has 0 saturated heterocycles. The van der Waals surface area contributed by atoms with E-state index in [1.54, 1.807) is 0 Å². The van der Waals surface area contributed by atoms with E-state index in [1.165, 1.54) is 0 Å². The van der Waals surface area contributed by atoms with Gasteiger partial charge in [-0.3, -0.25) is 14.4 Å². The van der Waals surface area contributed by atoms with Gasteiger partial charge in [-0.25, -0.2) is 0 Å². The van der Waals surface area contributed by atoms with Crippen molar-refractivity contribution in [2.75, 3.05) is 26.4 Å². The molecule has 0 aliphatic rings. The molecule has 0 unspecified atom stereocenters. The molecule has 0 aromatic carbocycles. The lowest BCUT2D eigenvalue weighted by Gasteiger charge is -2.23. The van der Waals surface area contributed by atoms with Gasteiger partial charge in [-0.15, -0.1) is 0 Å². The lowest BCUT2D eigenvalue weighted by molar-refractivity contribution is -0.159. The van der Waals surface area contributed by atoms with E-state index in [4.69, 9.17) is 25.8 Å². The van der Waals surface area contributed by atoms with Crippen LogP contribution in [0, 0.1) is 0 Å². The molecule has 0 saturated carbocycles. The van der Waals surface area contributed by atoms with Crippen LogP contribution in [-0.2, 0) is 23.9 Å². The minimum Gasteiger partial charge on any atom is -0.481 e. The molecule has 0 aliphatic heterocycles. The highest BCUT2D eigenvalue weighted by atomic mass is 16.6. The highest BCUT2D eigenvalue weighted by Gasteiger charge is 2.40. The van der Waals surface area contributed by atoms with Crippen LogP contribution < -0.4 is 5.73 Å². The zero-order valence-electron chi connectivity index (χ0n) is 10.2. The van der Waals surface area contributed by atoms with E-state index < -0.39 is 36.3 Å². The molecule has 0 spiro atoms. The largest absolute Gasteiger partial charge is 0.481 e. The molecular formula is C10H17NO8. The Labute approximate surface area is 108 Å². The molecule has 0 aromatic heterocycles. The molecule has 5 N–H and O–H groups in total. The normalized spacial score (nSPS) is 11.1. The summed E-state index contributed by atoms with van der Waals surface area (Å²) < 4.78 is 9.47. The Morgan fingerprint density at radius 3 is 1.95 bits per heavy atom. The first-order valence-corrected chi connectivity index (χ1v) is 5.40. The molecule has 0 radical (unpaired) electrons. The molecule has 0 rings (SSSR count). The summed E-state index contributed by atoms with van der Waals surface area (Å²) in [6.45, 7) is -0.345. The van der Waals surface area contributed by atoms with E-state index >= 15 is 0 Å². The number of hydrogen-bond donors (Lipinski definition) is 4. The van der Waals surface area contributed by atoms with Crippen molar-refractivity contribution in [3.05, 3.63) is 0 Å². The molecule has 0 amide bonds. The fourth-order valence-electron chi connectivity index (χ4n) is 1.25. The molecule has 19 heavy (non-hydrogen) atoms. The molecule has 0 aliphatic carbocycles. The van der Waals surface area contributed by atoms with E-state index in [0.29, 0.717) is 0 Å². The molecule has 0 heterocycles. The van der Waals surface area contributed by atoms with E-state index in [0.717, 1.165) is 0 Å². The van der Waals surface area contributed by atoms with Crippen molar-refractivity contribution in [2.45, 2.75) is 18.4 Å². The minimum absolute atomic E-state index is 0.0114. The van der Waals surface area contributed by atoms with Gasteiger partial charge in [0.25, 0.3) is 0 Å². The van der Waals surface area contributed by atoms with Crippen molar-refractivity contribution in [2.24, 2.45) is 5.73 Å². The average molecular weight is 279 g/mol. The summed E-state index contributed by atoms with van der Waals surface area (Å²) in [6, 6.07) is 0. The number of carbonyl (C=O) groups is 3. The molecular weight excluding hydrogens is 262 g/mol. The van der Waals surface area contributed by atoms with Gasteiger partial charge in [0.05, 0.1) is 32.7 Å². The van der Waals surface area contributed by atoms with Crippen molar-refractivity contribution >= 4 is 17.9 Å². The monoisotopic (exact) mass is 279 g/mol. The van der Waals surface area contributed by atoms with E-state index in [-0.39, 0.29) is 26.4 Å². The number of ether oxygens (including phenoxy) is 2. The molecule has 9 heteroatoms. The van der Waals surface area contributed by atoms with Gasteiger partial charge in [0.1, 0.15) is 12.1 Å². The SMILES string of the molecule is NC(CC(=O)O)(CC(=O)O)C(=O)OCCOCCO. The van der Waals surface area contributed by atoms with E-state index in [2.05, 4.69) is 4.74 Å². The van der Waals surface area contributed by atoms with Crippen LogP contribution in [0.25, 0.3) is 0 Å². The van der Waals surface area contributed by atoms with Crippen LogP contribution in [0.3, 0.4) is 0 Å². The van der Waals surface area contributed by atoms with Gasteiger partial charge in [0.15, 0.2) is 0 Å². The number of aliphatic hydroxyl groups excluding tert-OH is 1. The summed E-state index contributed by atoms with van der Waals surface area (Å²) in [5.74, 6) is -3.93. The Balaban J connectivity index is 4.38. The van der Waals surface area contributed by atoms with Crippen LogP contribution in [0.4, 0.5) is 0 Å². The summed E-state index contributed by atoms with van der Waals surface area (Å²) in [6.07, 6.45) is -1.70. The van der Waals surface area contributed by atoms with Crippen LogP contribution >= 0.6 is 0 Å². The summed E-state index contributed by atoms with van der Waals surface area (Å²) in [5, 5.41) is 25.7. The Morgan fingerprint density at radius 2 is 1.53 bits per heavy atom. The van der Waals surface area contributed by atoms with Crippen LogP contribution in [-0.4, -0.2) is 65.2 Å². The van der Waals surface area contributed by atoms with Gasteiger partial charge in [-0.1, -0.05) is 0 Å². The third kappa shape index (κ3) is 7.34. The Kier molecular flexibility index (Phi) is 7.65. The highest BCUT2D eigenvalue weighted by Crippen LogP contribution is 2.14. The predicted molar refractivity (Wildman–Crippen MR) is 60.3 cm³/mol. The predicted octanol–water partition coefficient (Wildman–Crippen LogP) is -1.81. The third-order valence-electron chi connectivity index (χ3n) is 2.04. The number of aliphatic carboxylic acids is 2. The summed E-state index contributed by atoms with van der Waals surface area (Å²) >= 11 is 0. The number of carbonyl (C=O) groups excluding carboxylic acids is 1. The number of aliphatic hydroxyl groups is 1. The Bertz CT molecular complexity index is 313. The number of rotatable bonds is 10. The van der Waals surface area contributed by atoms with Crippen molar-refractivity contribution in [3.8, 4) is 0 Å². The lowest BCUT2D eigenvalue weighted by Crippen LogP contribution is -2.52. The van der Waals surface area contributed by atoms with E-state index in [9.17, 15) is 14.4 Å². The number of hydrogen-bond acceptors (Lipinski definition) is 7. The number of carboxylic acid groups (broad SMARTS) is 2. The number of esters is 1. The summed E-state index contributed by atoms with van der Waals surface area (Å²) in [5.41, 5.74) is 3.35. The zero-order chi connectivity index (χ0) is 14.9. The van der Waals surface area contributed by atoms with Crippen LogP contribution in [0.5, 0.6) is 0 Å².